The standard InChI is InChI=1S/C22H44NO4P/c1-5-6-7-8-9-10-11-12-13-14-15-16-17-18-19-20-22(24,28(25,26)27)21-23(2,3)4/h7-8,14-15,24H,5-6,9-13,16-21H2,1-4H3,(H-,25,26,27)/p+1/b8-7-,15-14-. The Bertz CT molecular complexity index is 493. The van der Waals surface area contributed by atoms with Crippen molar-refractivity contribution < 1.29 is 23.9 Å². The van der Waals surface area contributed by atoms with Crippen molar-refractivity contribution in [2.45, 2.75) is 89.3 Å². The van der Waals surface area contributed by atoms with Crippen molar-refractivity contribution in [2.75, 3.05) is 27.7 Å². The van der Waals surface area contributed by atoms with Crippen LogP contribution in [0.25, 0.3) is 0 Å². The molecule has 0 aliphatic carbocycles. The number of hydrogen-bond acceptors (Lipinski definition) is 2. The molecule has 3 N–H and O–H groups in total. The topological polar surface area (TPSA) is 77.8 Å². The molecular formula is C22H45NO4P+. The van der Waals surface area contributed by atoms with E-state index in [0.29, 0.717) is 10.9 Å². The van der Waals surface area contributed by atoms with Gasteiger partial charge in [-0.25, -0.2) is 0 Å². The van der Waals surface area contributed by atoms with Gasteiger partial charge in [-0.15, -0.1) is 0 Å². The molecule has 28 heavy (non-hydrogen) atoms. The lowest BCUT2D eigenvalue weighted by molar-refractivity contribution is -0.875. The van der Waals surface area contributed by atoms with E-state index in [9.17, 15) is 19.5 Å². The average Bonchev–Trinajstić information content (AvgIpc) is 2.56. The third kappa shape index (κ3) is 14.5. The van der Waals surface area contributed by atoms with Gasteiger partial charge in [0.05, 0.1) is 21.1 Å². The molecule has 0 radical (unpaired) electrons. The van der Waals surface area contributed by atoms with Crippen LogP contribution in [0.4, 0.5) is 0 Å². The van der Waals surface area contributed by atoms with Crippen molar-refractivity contribution in [3.63, 3.8) is 0 Å². The van der Waals surface area contributed by atoms with Crippen molar-refractivity contribution in [3.8, 4) is 0 Å². The van der Waals surface area contributed by atoms with E-state index in [1.54, 1.807) is 0 Å². The van der Waals surface area contributed by atoms with Gasteiger partial charge in [-0.2, -0.15) is 0 Å². The normalized spacial score (nSPS) is 15.5. The molecule has 0 aromatic heterocycles. The van der Waals surface area contributed by atoms with Crippen LogP contribution in [0.3, 0.4) is 0 Å². The van der Waals surface area contributed by atoms with Gasteiger partial charge in [0, 0.05) is 0 Å². The number of rotatable bonds is 17. The molecule has 0 bridgehead atoms. The second-order valence-corrected chi connectivity index (χ2v) is 10.9. The fraction of sp³-hybridized carbons (Fsp3) is 0.818. The maximum absolute atomic E-state index is 11.7. The molecule has 5 nitrogen and oxygen atoms in total. The molecule has 0 aliphatic rings. The van der Waals surface area contributed by atoms with Crippen LogP contribution in [0.2, 0.25) is 0 Å². The molecular weight excluding hydrogens is 373 g/mol. The van der Waals surface area contributed by atoms with Crippen molar-refractivity contribution in [1.29, 1.82) is 0 Å². The van der Waals surface area contributed by atoms with Gasteiger partial charge in [-0.05, 0) is 57.8 Å². The summed E-state index contributed by atoms with van der Waals surface area (Å²) >= 11 is 0. The lowest BCUT2D eigenvalue weighted by Gasteiger charge is -2.35. The van der Waals surface area contributed by atoms with Crippen LogP contribution in [0, 0.1) is 0 Å². The molecule has 1 unspecified atom stereocenters. The van der Waals surface area contributed by atoms with Gasteiger partial charge in [-0.3, -0.25) is 4.57 Å². The van der Waals surface area contributed by atoms with Crippen LogP contribution in [0.15, 0.2) is 24.3 Å². The number of quaternary nitrogens is 1. The first kappa shape index (κ1) is 27.5. The van der Waals surface area contributed by atoms with Crippen LogP contribution < -0.4 is 0 Å². The zero-order valence-corrected chi connectivity index (χ0v) is 19.5. The van der Waals surface area contributed by atoms with Crippen molar-refractivity contribution in [3.05, 3.63) is 24.3 Å². The molecule has 0 saturated carbocycles. The van der Waals surface area contributed by atoms with Crippen LogP contribution in [-0.2, 0) is 4.57 Å². The zero-order valence-electron chi connectivity index (χ0n) is 18.6. The molecule has 6 heteroatoms. The Balaban J connectivity index is 3.84. The Morgan fingerprint density at radius 3 is 1.61 bits per heavy atom. The molecule has 166 valence electrons. The minimum atomic E-state index is -4.55. The number of likely N-dealkylation sites (N-methyl/N-ethyl adjacent to an activating group) is 1. The van der Waals surface area contributed by atoms with Gasteiger partial charge < -0.3 is 19.4 Å². The van der Waals surface area contributed by atoms with E-state index < -0.39 is 12.9 Å². The summed E-state index contributed by atoms with van der Waals surface area (Å²) in [5, 5.41) is 8.57. The second-order valence-electron chi connectivity index (χ2n) is 8.94. The van der Waals surface area contributed by atoms with Gasteiger partial charge in [0.1, 0.15) is 6.54 Å². The predicted molar refractivity (Wildman–Crippen MR) is 119 cm³/mol. The first-order chi connectivity index (χ1) is 13.0. The van der Waals surface area contributed by atoms with Gasteiger partial charge in [0.25, 0.3) is 0 Å². The van der Waals surface area contributed by atoms with E-state index in [1.165, 1.54) is 38.5 Å². The first-order valence-electron chi connectivity index (χ1n) is 10.9. The smallest absolute Gasteiger partial charge is 0.362 e. The highest BCUT2D eigenvalue weighted by Gasteiger charge is 2.48. The van der Waals surface area contributed by atoms with Crippen molar-refractivity contribution in [2.24, 2.45) is 0 Å². The van der Waals surface area contributed by atoms with E-state index in [2.05, 4.69) is 31.2 Å². The zero-order chi connectivity index (χ0) is 21.5. The molecule has 0 aromatic carbocycles. The Morgan fingerprint density at radius 2 is 1.21 bits per heavy atom. The summed E-state index contributed by atoms with van der Waals surface area (Å²) in [5.74, 6) is 0. The van der Waals surface area contributed by atoms with E-state index in [4.69, 9.17) is 0 Å². The number of aliphatic hydroxyl groups is 1. The summed E-state index contributed by atoms with van der Waals surface area (Å²) in [6.45, 7) is 2.25. The Labute approximate surface area is 173 Å². The number of allylic oxidation sites excluding steroid dienone is 4. The SMILES string of the molecule is CCC/C=C\CCCCC/C=C\CCCCCC(O)(C[N+](C)(C)C)P(=O)(O)O. The maximum atomic E-state index is 11.7. The number of unbranched alkanes of at least 4 members (excludes halogenated alkanes) is 8. The molecule has 0 aromatic rings. The summed E-state index contributed by atoms with van der Waals surface area (Å²) in [4.78, 5) is 19.1. The van der Waals surface area contributed by atoms with Crippen molar-refractivity contribution in [1.82, 2.24) is 0 Å². The monoisotopic (exact) mass is 418 g/mol. The number of hydrogen-bond donors (Lipinski definition) is 3. The molecule has 0 amide bonds. The lowest BCUT2D eigenvalue weighted by atomic mass is 10.1. The molecule has 0 spiro atoms. The highest BCUT2D eigenvalue weighted by Crippen LogP contribution is 2.52. The quantitative estimate of drug-likeness (QED) is 0.128. The lowest BCUT2D eigenvalue weighted by Crippen LogP contribution is -2.49. The van der Waals surface area contributed by atoms with E-state index in [0.717, 1.165) is 25.7 Å². The van der Waals surface area contributed by atoms with E-state index in [-0.39, 0.29) is 13.0 Å². The van der Waals surface area contributed by atoms with Crippen LogP contribution in [0.5, 0.6) is 0 Å². The highest BCUT2D eigenvalue weighted by molar-refractivity contribution is 7.53. The summed E-state index contributed by atoms with van der Waals surface area (Å²) < 4.78 is 12.0. The maximum Gasteiger partial charge on any atom is 0.362 e. The van der Waals surface area contributed by atoms with E-state index >= 15 is 0 Å². The highest BCUT2D eigenvalue weighted by atomic mass is 31.2. The van der Waals surface area contributed by atoms with Gasteiger partial charge >= 0.3 is 7.60 Å². The fourth-order valence-electron chi connectivity index (χ4n) is 3.26. The molecule has 0 saturated heterocycles. The Hall–Kier alpha value is -0.450. The Kier molecular flexibility index (Phi) is 14.3. The van der Waals surface area contributed by atoms with Gasteiger partial charge in [0.2, 0.25) is 5.34 Å². The third-order valence-electron chi connectivity index (χ3n) is 4.75. The summed E-state index contributed by atoms with van der Waals surface area (Å²) in [5.41, 5.74) is 0. The van der Waals surface area contributed by atoms with Crippen LogP contribution >= 0.6 is 7.60 Å². The second kappa shape index (κ2) is 14.5. The van der Waals surface area contributed by atoms with Crippen LogP contribution in [-0.4, -0.2) is 52.4 Å². The minimum Gasteiger partial charge on any atom is -0.373 e. The largest absolute Gasteiger partial charge is 0.373 e. The summed E-state index contributed by atoms with van der Waals surface area (Å²) in [6.07, 6.45) is 21.2. The average molecular weight is 419 g/mol. The number of nitrogens with zero attached hydrogens (tertiary/aromatic N) is 1. The molecule has 0 aliphatic heterocycles. The summed E-state index contributed by atoms with van der Waals surface area (Å²) in [7, 11) is 0.933. The minimum absolute atomic E-state index is 0.0472. The molecule has 0 rings (SSSR count). The van der Waals surface area contributed by atoms with Gasteiger partial charge in [-0.1, -0.05) is 50.5 Å². The summed E-state index contributed by atoms with van der Waals surface area (Å²) in [6, 6.07) is 0. The van der Waals surface area contributed by atoms with E-state index in [1.807, 2.05) is 21.1 Å². The van der Waals surface area contributed by atoms with Crippen LogP contribution in [0.1, 0.15) is 84.0 Å². The third-order valence-corrected chi connectivity index (χ3v) is 6.20. The predicted octanol–water partition coefficient (Wildman–Crippen LogP) is 5.37. The molecule has 1 atom stereocenters. The molecule has 0 heterocycles. The van der Waals surface area contributed by atoms with Crippen molar-refractivity contribution >= 4 is 7.60 Å². The fourth-order valence-corrected chi connectivity index (χ4v) is 4.32. The first-order valence-corrected chi connectivity index (χ1v) is 12.5. The van der Waals surface area contributed by atoms with Gasteiger partial charge in [0.15, 0.2) is 0 Å². The Morgan fingerprint density at radius 1 is 0.786 bits per heavy atom. The molecule has 0 fully saturated rings.